The number of hydrogen-bond donors (Lipinski definition) is 0. The van der Waals surface area contributed by atoms with Crippen LogP contribution in [-0.4, -0.2) is 0 Å². The van der Waals surface area contributed by atoms with Crippen molar-refractivity contribution in [2.45, 2.75) is 0 Å². The van der Waals surface area contributed by atoms with Gasteiger partial charge in [-0.05, 0) is 67.8 Å². The number of hydrogen-bond acceptors (Lipinski definition) is 0. The van der Waals surface area contributed by atoms with Gasteiger partial charge in [0.15, 0.2) is 17.5 Å². The van der Waals surface area contributed by atoms with Gasteiger partial charge in [0.2, 0.25) is 0 Å². The molecule has 1 aromatic rings. The fraction of sp³-hybridized carbons (Fsp3) is 0. The van der Waals surface area contributed by atoms with Crippen LogP contribution in [-0.2, 0) is 0 Å². The van der Waals surface area contributed by atoms with Crippen LogP contribution < -0.4 is 0 Å². The average Bonchev–Trinajstić information content (AvgIpc) is 2.08. The summed E-state index contributed by atoms with van der Waals surface area (Å²) in [6.07, 6.45) is 0. The molecule has 0 saturated carbocycles. The summed E-state index contributed by atoms with van der Waals surface area (Å²) in [5.74, 6) is -2.48. The van der Waals surface area contributed by atoms with Gasteiger partial charge in [0, 0.05) is 0 Å². The Morgan fingerprint density at radius 3 is 0.917 bits per heavy atom. The van der Waals surface area contributed by atoms with Crippen molar-refractivity contribution in [2.75, 3.05) is 0 Å². The largest absolute Gasteiger partial charge is 0.204 e. The topological polar surface area (TPSA) is 0 Å². The van der Waals surface area contributed by atoms with Crippen LogP contribution in [0.5, 0.6) is 0 Å². The van der Waals surface area contributed by atoms with Crippen LogP contribution in [0.25, 0.3) is 0 Å². The molecule has 6 heteroatoms. The smallest absolute Gasteiger partial charge is 0.155 e. The highest BCUT2D eigenvalue weighted by Gasteiger charge is 2.19. The molecule has 0 fully saturated rings. The molecule has 0 saturated heterocycles. The van der Waals surface area contributed by atoms with Gasteiger partial charge >= 0.3 is 0 Å². The maximum Gasteiger partial charge on any atom is 0.155 e. The van der Waals surface area contributed by atoms with Crippen LogP contribution in [0, 0.1) is 28.2 Å². The molecular weight excluding hydrogens is 510 g/mol. The minimum absolute atomic E-state index is 0.164. The molecule has 0 unspecified atom stereocenters. The maximum atomic E-state index is 12.9. The Bertz CT molecular complexity index is 232. The Morgan fingerprint density at radius 2 is 0.750 bits per heavy atom. The summed E-state index contributed by atoms with van der Waals surface area (Å²) in [5.41, 5.74) is 0. The highest BCUT2D eigenvalue weighted by Crippen LogP contribution is 2.28. The van der Waals surface area contributed by atoms with Crippen LogP contribution >= 0.6 is 67.8 Å². The lowest BCUT2D eigenvalue weighted by molar-refractivity contribution is 0.515. The van der Waals surface area contributed by atoms with E-state index in [1.165, 1.54) is 67.8 Å². The second-order valence-corrected chi connectivity index (χ2v) is 5.12. The monoisotopic (exact) mass is 510 g/mol. The summed E-state index contributed by atoms with van der Waals surface area (Å²) < 4.78 is 38.3. The highest BCUT2D eigenvalue weighted by molar-refractivity contribution is 14.1. The standard InChI is InChI=1S/C6F3I3/c7-1-4(10)2(8)6(12)3(9)5(1)11. The molecular formula is C6F3I3. The van der Waals surface area contributed by atoms with E-state index in [0.717, 1.165) is 0 Å². The van der Waals surface area contributed by atoms with Gasteiger partial charge in [-0.25, -0.2) is 13.2 Å². The van der Waals surface area contributed by atoms with Gasteiger partial charge < -0.3 is 0 Å². The van der Waals surface area contributed by atoms with E-state index < -0.39 is 17.5 Å². The minimum Gasteiger partial charge on any atom is -0.204 e. The molecule has 1 rings (SSSR count). The molecule has 0 bridgehead atoms. The fourth-order valence-electron chi connectivity index (χ4n) is 0.578. The third-order valence-electron chi connectivity index (χ3n) is 1.16. The molecule has 0 radical (unpaired) electrons. The zero-order chi connectivity index (χ0) is 9.46. The number of rotatable bonds is 0. The lowest BCUT2D eigenvalue weighted by Crippen LogP contribution is -2.01. The predicted octanol–water partition coefficient (Wildman–Crippen LogP) is 3.92. The molecule has 66 valence electrons. The Balaban J connectivity index is 3.60. The highest BCUT2D eigenvalue weighted by atomic mass is 127. The van der Waals surface area contributed by atoms with E-state index in [2.05, 4.69) is 0 Å². The van der Waals surface area contributed by atoms with Crippen molar-refractivity contribution < 1.29 is 13.2 Å². The van der Waals surface area contributed by atoms with Crippen molar-refractivity contribution >= 4 is 67.8 Å². The first-order chi connectivity index (χ1) is 5.46. The zero-order valence-corrected chi connectivity index (χ0v) is 11.7. The molecule has 0 spiro atoms. The second-order valence-electron chi connectivity index (χ2n) is 1.88. The summed E-state index contributed by atoms with van der Waals surface area (Å²) in [5, 5.41) is 0. The first-order valence-electron chi connectivity index (χ1n) is 2.63. The molecule has 0 aliphatic rings. The van der Waals surface area contributed by atoms with Crippen molar-refractivity contribution in [1.29, 1.82) is 0 Å². The van der Waals surface area contributed by atoms with Crippen LogP contribution in [0.4, 0.5) is 13.2 Å². The van der Waals surface area contributed by atoms with Crippen molar-refractivity contribution in [1.82, 2.24) is 0 Å². The van der Waals surface area contributed by atoms with Crippen molar-refractivity contribution in [3.8, 4) is 0 Å². The molecule has 0 nitrogen and oxygen atoms in total. The van der Waals surface area contributed by atoms with Crippen molar-refractivity contribution in [3.05, 3.63) is 28.2 Å². The van der Waals surface area contributed by atoms with E-state index in [-0.39, 0.29) is 10.7 Å². The fourth-order valence-corrected chi connectivity index (χ4v) is 3.74. The van der Waals surface area contributed by atoms with E-state index in [1.807, 2.05) is 0 Å². The van der Waals surface area contributed by atoms with Crippen molar-refractivity contribution in [2.24, 2.45) is 0 Å². The lowest BCUT2D eigenvalue weighted by Gasteiger charge is -2.03. The van der Waals surface area contributed by atoms with Gasteiger partial charge in [-0.3, -0.25) is 0 Å². The third kappa shape index (κ3) is 1.83. The number of benzene rings is 1. The molecule has 0 atom stereocenters. The molecule has 1 aromatic carbocycles. The van der Waals surface area contributed by atoms with E-state index in [4.69, 9.17) is 0 Å². The Kier molecular flexibility index (Phi) is 3.90. The van der Waals surface area contributed by atoms with Crippen LogP contribution in [0.2, 0.25) is 0 Å². The lowest BCUT2D eigenvalue weighted by atomic mass is 10.3. The van der Waals surface area contributed by atoms with E-state index in [0.29, 0.717) is 0 Å². The van der Waals surface area contributed by atoms with Gasteiger partial charge in [-0.1, -0.05) is 0 Å². The van der Waals surface area contributed by atoms with Crippen LogP contribution in [0.1, 0.15) is 0 Å². The van der Waals surface area contributed by atoms with Crippen LogP contribution in [0.3, 0.4) is 0 Å². The zero-order valence-electron chi connectivity index (χ0n) is 5.27. The normalized spacial score (nSPS) is 10.5. The minimum atomic E-state index is -0.827. The molecule has 0 aromatic heterocycles. The Morgan fingerprint density at radius 1 is 0.583 bits per heavy atom. The van der Waals surface area contributed by atoms with E-state index in [9.17, 15) is 13.2 Å². The first-order valence-corrected chi connectivity index (χ1v) is 5.87. The second kappa shape index (κ2) is 4.15. The van der Waals surface area contributed by atoms with Crippen molar-refractivity contribution in [3.63, 3.8) is 0 Å². The number of halogens is 6. The Hall–Kier alpha value is 1.20. The van der Waals surface area contributed by atoms with Crippen LogP contribution in [0.15, 0.2) is 0 Å². The summed E-state index contributed by atoms with van der Waals surface area (Å²) in [6, 6.07) is 0. The van der Waals surface area contributed by atoms with Gasteiger partial charge in [0.05, 0.1) is 10.7 Å². The summed E-state index contributed by atoms with van der Waals surface area (Å²) in [4.78, 5) is 0. The summed E-state index contributed by atoms with van der Waals surface area (Å²) in [7, 11) is 0. The van der Waals surface area contributed by atoms with E-state index in [1.54, 1.807) is 0 Å². The van der Waals surface area contributed by atoms with Gasteiger partial charge in [0.25, 0.3) is 0 Å². The third-order valence-corrected chi connectivity index (χ3v) is 4.00. The molecule has 0 heterocycles. The quantitative estimate of drug-likeness (QED) is 0.283. The van der Waals surface area contributed by atoms with Gasteiger partial charge in [0.1, 0.15) is 0 Å². The molecule has 12 heavy (non-hydrogen) atoms. The van der Waals surface area contributed by atoms with Gasteiger partial charge in [-0.2, -0.15) is 0 Å². The molecule has 0 N–H and O–H groups in total. The van der Waals surface area contributed by atoms with E-state index >= 15 is 0 Å². The molecule has 0 aliphatic carbocycles. The average molecular weight is 510 g/mol. The Labute approximate surface area is 108 Å². The summed E-state index contributed by atoms with van der Waals surface area (Å²) in [6.45, 7) is 0. The predicted molar refractivity (Wildman–Crippen MR) is 64.5 cm³/mol. The molecule has 0 amide bonds. The SMILES string of the molecule is Fc1c(I)c(F)c(I)c(F)c1I. The maximum absolute atomic E-state index is 12.9. The first kappa shape index (κ1) is 11.3. The molecule has 0 aliphatic heterocycles. The summed E-state index contributed by atoms with van der Waals surface area (Å²) >= 11 is 4.53. The van der Waals surface area contributed by atoms with Gasteiger partial charge in [-0.15, -0.1) is 0 Å².